The Kier molecular flexibility index (Phi) is 3.79. The van der Waals surface area contributed by atoms with Crippen molar-refractivity contribution >= 4 is 11.6 Å². The Balaban J connectivity index is 1.64. The first-order valence-electron chi connectivity index (χ1n) is 7.08. The summed E-state index contributed by atoms with van der Waals surface area (Å²) < 4.78 is 5.47. The molecule has 1 fully saturated rings. The molecule has 3 rings (SSSR count). The number of phenols is 1. The number of nitrogens with zero attached hydrogens (tertiary/aromatic N) is 1. The van der Waals surface area contributed by atoms with E-state index >= 15 is 0 Å². The van der Waals surface area contributed by atoms with Crippen molar-refractivity contribution in [1.82, 2.24) is 5.32 Å². The minimum Gasteiger partial charge on any atom is -0.507 e. The lowest BCUT2D eigenvalue weighted by Gasteiger charge is -2.23. The molecule has 1 amide bonds. The standard InChI is InChI=1S/C15H18N2O4/c1-9-4-2-6-12(18)13(9)14(19)16-8-11-10-5-3-7-20-15(10)21-17-11/h2,4,6,10,15,18H,3,5,7-8H2,1H3,(H,16,19). The predicted molar refractivity (Wildman–Crippen MR) is 76.2 cm³/mol. The van der Waals surface area contributed by atoms with Gasteiger partial charge in [0.2, 0.25) is 6.29 Å². The fraction of sp³-hybridized carbons (Fsp3) is 0.467. The summed E-state index contributed by atoms with van der Waals surface area (Å²) in [6.45, 7) is 2.78. The Bertz CT molecular complexity index is 565. The highest BCUT2D eigenvalue weighted by atomic mass is 16.8. The SMILES string of the molecule is Cc1cccc(O)c1C(=O)NCC1=NOC2OCCCC12. The molecule has 2 heterocycles. The molecule has 1 aromatic rings. The summed E-state index contributed by atoms with van der Waals surface area (Å²) in [5, 5.41) is 16.6. The number of fused-ring (bicyclic) bond motifs is 1. The molecule has 1 saturated heterocycles. The van der Waals surface area contributed by atoms with Gasteiger partial charge in [-0.25, -0.2) is 0 Å². The number of aromatic hydroxyl groups is 1. The summed E-state index contributed by atoms with van der Waals surface area (Å²) in [4.78, 5) is 17.4. The number of hydrogen-bond donors (Lipinski definition) is 2. The fourth-order valence-corrected chi connectivity index (χ4v) is 2.74. The van der Waals surface area contributed by atoms with Crippen LogP contribution in [0.5, 0.6) is 5.75 Å². The summed E-state index contributed by atoms with van der Waals surface area (Å²) in [6, 6.07) is 5.00. The van der Waals surface area contributed by atoms with Gasteiger partial charge in [-0.1, -0.05) is 17.3 Å². The molecule has 0 aromatic heterocycles. The Hall–Kier alpha value is -2.08. The molecule has 21 heavy (non-hydrogen) atoms. The van der Waals surface area contributed by atoms with E-state index in [2.05, 4.69) is 10.5 Å². The largest absolute Gasteiger partial charge is 0.507 e. The number of carbonyl (C=O) groups is 1. The van der Waals surface area contributed by atoms with Crippen LogP contribution in [0.2, 0.25) is 0 Å². The van der Waals surface area contributed by atoms with Gasteiger partial charge in [0.15, 0.2) is 0 Å². The number of rotatable bonds is 3. The Morgan fingerprint density at radius 2 is 2.38 bits per heavy atom. The van der Waals surface area contributed by atoms with Crippen molar-refractivity contribution in [2.24, 2.45) is 11.1 Å². The van der Waals surface area contributed by atoms with Gasteiger partial charge in [-0.15, -0.1) is 0 Å². The zero-order valence-electron chi connectivity index (χ0n) is 11.8. The molecule has 0 aliphatic carbocycles. The van der Waals surface area contributed by atoms with Gasteiger partial charge in [0.25, 0.3) is 5.91 Å². The number of aryl methyl sites for hydroxylation is 1. The highest BCUT2D eigenvalue weighted by molar-refractivity contribution is 6.01. The summed E-state index contributed by atoms with van der Waals surface area (Å²) in [7, 11) is 0. The molecule has 6 nitrogen and oxygen atoms in total. The van der Waals surface area contributed by atoms with Crippen molar-refractivity contribution in [2.45, 2.75) is 26.1 Å². The van der Waals surface area contributed by atoms with Crippen molar-refractivity contribution in [3.05, 3.63) is 29.3 Å². The third kappa shape index (κ3) is 2.71. The molecule has 2 N–H and O–H groups in total. The Labute approximate surface area is 122 Å². The predicted octanol–water partition coefficient (Wildman–Crippen LogP) is 1.57. The van der Waals surface area contributed by atoms with Crippen LogP contribution >= 0.6 is 0 Å². The molecule has 2 unspecified atom stereocenters. The third-order valence-corrected chi connectivity index (χ3v) is 3.88. The van der Waals surface area contributed by atoms with E-state index in [1.807, 2.05) is 0 Å². The number of phenolic OH excluding ortho intramolecular Hbond substituents is 1. The molecule has 2 aliphatic rings. The molecule has 0 bridgehead atoms. The molecule has 0 spiro atoms. The second-order valence-corrected chi connectivity index (χ2v) is 5.33. The lowest BCUT2D eigenvalue weighted by atomic mass is 9.95. The maximum atomic E-state index is 12.2. The molecule has 2 aliphatic heterocycles. The van der Waals surface area contributed by atoms with Gasteiger partial charge in [0.05, 0.1) is 30.3 Å². The smallest absolute Gasteiger partial charge is 0.255 e. The van der Waals surface area contributed by atoms with E-state index in [0.717, 1.165) is 24.1 Å². The zero-order valence-corrected chi connectivity index (χ0v) is 11.8. The van der Waals surface area contributed by atoms with E-state index in [0.29, 0.717) is 18.7 Å². The monoisotopic (exact) mass is 290 g/mol. The van der Waals surface area contributed by atoms with Crippen LogP contribution in [-0.4, -0.2) is 36.2 Å². The van der Waals surface area contributed by atoms with Crippen LogP contribution in [0.25, 0.3) is 0 Å². The van der Waals surface area contributed by atoms with Crippen LogP contribution in [0, 0.1) is 12.8 Å². The maximum Gasteiger partial charge on any atom is 0.255 e. The van der Waals surface area contributed by atoms with E-state index in [1.165, 1.54) is 6.07 Å². The molecule has 112 valence electrons. The van der Waals surface area contributed by atoms with Crippen LogP contribution < -0.4 is 5.32 Å². The summed E-state index contributed by atoms with van der Waals surface area (Å²) in [5.74, 6) is -0.214. The minimum absolute atomic E-state index is 0.0176. The topological polar surface area (TPSA) is 80.2 Å². The summed E-state index contributed by atoms with van der Waals surface area (Å²) >= 11 is 0. The van der Waals surface area contributed by atoms with Crippen molar-refractivity contribution in [2.75, 3.05) is 13.2 Å². The quantitative estimate of drug-likeness (QED) is 0.885. The van der Waals surface area contributed by atoms with Gasteiger partial charge in [0.1, 0.15) is 5.75 Å². The minimum atomic E-state index is -0.312. The van der Waals surface area contributed by atoms with Gasteiger partial charge in [-0.2, -0.15) is 0 Å². The normalized spacial score (nSPS) is 24.0. The van der Waals surface area contributed by atoms with Crippen molar-refractivity contribution < 1.29 is 19.5 Å². The van der Waals surface area contributed by atoms with E-state index < -0.39 is 0 Å². The van der Waals surface area contributed by atoms with Gasteiger partial charge >= 0.3 is 0 Å². The number of benzene rings is 1. The Morgan fingerprint density at radius 1 is 1.52 bits per heavy atom. The van der Waals surface area contributed by atoms with E-state index in [1.54, 1.807) is 19.1 Å². The second-order valence-electron chi connectivity index (χ2n) is 5.33. The number of nitrogens with one attached hydrogen (secondary N) is 1. The van der Waals surface area contributed by atoms with Crippen LogP contribution in [0.1, 0.15) is 28.8 Å². The highest BCUT2D eigenvalue weighted by Gasteiger charge is 2.37. The fourth-order valence-electron chi connectivity index (χ4n) is 2.74. The lowest BCUT2D eigenvalue weighted by Crippen LogP contribution is -2.37. The number of ether oxygens (including phenoxy) is 1. The molecular weight excluding hydrogens is 272 g/mol. The first-order valence-corrected chi connectivity index (χ1v) is 7.08. The molecule has 6 heteroatoms. The first-order chi connectivity index (χ1) is 10.2. The summed E-state index contributed by atoms with van der Waals surface area (Å²) in [6.07, 6.45) is 1.61. The first kappa shape index (κ1) is 13.9. The third-order valence-electron chi connectivity index (χ3n) is 3.88. The van der Waals surface area contributed by atoms with Crippen molar-refractivity contribution in [3.63, 3.8) is 0 Å². The molecule has 2 atom stereocenters. The van der Waals surface area contributed by atoms with E-state index in [-0.39, 0.29) is 23.9 Å². The molecule has 0 saturated carbocycles. The van der Waals surface area contributed by atoms with Gasteiger partial charge in [-0.05, 0) is 31.4 Å². The van der Waals surface area contributed by atoms with Gasteiger partial charge < -0.3 is 20.0 Å². The van der Waals surface area contributed by atoms with E-state index in [9.17, 15) is 9.90 Å². The number of hydrogen-bond acceptors (Lipinski definition) is 5. The zero-order chi connectivity index (χ0) is 14.8. The number of oxime groups is 1. The highest BCUT2D eigenvalue weighted by Crippen LogP contribution is 2.28. The molecular formula is C15H18N2O4. The van der Waals surface area contributed by atoms with Crippen LogP contribution in [-0.2, 0) is 9.57 Å². The van der Waals surface area contributed by atoms with E-state index in [4.69, 9.17) is 9.57 Å². The van der Waals surface area contributed by atoms with Crippen LogP contribution in [0.4, 0.5) is 0 Å². The average Bonchev–Trinajstić information content (AvgIpc) is 2.88. The van der Waals surface area contributed by atoms with Crippen molar-refractivity contribution in [3.8, 4) is 5.75 Å². The maximum absolute atomic E-state index is 12.2. The van der Waals surface area contributed by atoms with Gasteiger partial charge in [0, 0.05) is 0 Å². The van der Waals surface area contributed by atoms with Crippen molar-refractivity contribution in [1.29, 1.82) is 0 Å². The number of carbonyl (C=O) groups excluding carboxylic acids is 1. The van der Waals surface area contributed by atoms with Gasteiger partial charge in [-0.3, -0.25) is 4.79 Å². The van der Waals surface area contributed by atoms with Crippen LogP contribution in [0.15, 0.2) is 23.4 Å². The second kappa shape index (κ2) is 5.73. The van der Waals surface area contributed by atoms with Crippen LogP contribution in [0.3, 0.4) is 0 Å². The molecule has 1 aromatic carbocycles. The number of amides is 1. The summed E-state index contributed by atoms with van der Waals surface area (Å²) in [5.41, 5.74) is 1.82. The Morgan fingerprint density at radius 3 is 3.19 bits per heavy atom. The molecule has 0 radical (unpaired) electrons. The lowest BCUT2D eigenvalue weighted by molar-refractivity contribution is -0.162. The average molecular weight is 290 g/mol.